The maximum atomic E-state index is 11.8. The van der Waals surface area contributed by atoms with E-state index < -0.39 is 11.1 Å². The Hall–Kier alpha value is -1.18. The highest BCUT2D eigenvalue weighted by molar-refractivity contribution is 8.00. The van der Waals surface area contributed by atoms with E-state index in [0.717, 1.165) is 4.68 Å². The average Bonchev–Trinajstić information content (AvgIpc) is 2.09. The zero-order valence-corrected chi connectivity index (χ0v) is 8.31. The van der Waals surface area contributed by atoms with Crippen molar-refractivity contribution >= 4 is 17.6 Å². The first kappa shape index (κ1) is 11.9. The molecule has 1 aromatic heterocycles. The summed E-state index contributed by atoms with van der Waals surface area (Å²) in [5, 5.41) is 3.59. The molecule has 0 saturated carbocycles. The molecule has 0 radical (unpaired) electrons. The van der Waals surface area contributed by atoms with Crippen LogP contribution in [0.1, 0.15) is 0 Å². The van der Waals surface area contributed by atoms with Gasteiger partial charge in [-0.1, -0.05) is 0 Å². The van der Waals surface area contributed by atoms with Crippen LogP contribution in [-0.4, -0.2) is 21.0 Å². The predicted octanol–water partition coefficient (Wildman–Crippen LogP) is 1.08. The summed E-state index contributed by atoms with van der Waals surface area (Å²) in [5.41, 5.74) is 0.532. The van der Waals surface area contributed by atoms with Crippen molar-refractivity contribution < 1.29 is 13.2 Å². The Morgan fingerprint density at radius 3 is 2.73 bits per heavy atom. The van der Waals surface area contributed by atoms with Crippen LogP contribution in [0.5, 0.6) is 0 Å². The Balaban J connectivity index is 2.58. The first-order valence-electron chi connectivity index (χ1n) is 3.93. The molecule has 0 bridgehead atoms. The quantitative estimate of drug-likeness (QED) is 0.857. The molecule has 0 spiro atoms. The van der Waals surface area contributed by atoms with Crippen LogP contribution in [0.3, 0.4) is 0 Å². The lowest BCUT2D eigenvalue weighted by Crippen LogP contribution is -2.24. The van der Waals surface area contributed by atoms with Crippen molar-refractivity contribution in [2.45, 2.75) is 12.1 Å². The zero-order valence-electron chi connectivity index (χ0n) is 7.49. The van der Waals surface area contributed by atoms with E-state index in [1.807, 2.05) is 0 Å². The van der Waals surface area contributed by atoms with E-state index in [1.54, 1.807) is 0 Å². The summed E-state index contributed by atoms with van der Waals surface area (Å²) in [4.78, 5) is 11.1. The fourth-order valence-electron chi connectivity index (χ4n) is 0.873. The average molecular weight is 239 g/mol. The fraction of sp³-hybridized carbons (Fsp3) is 0.429. The second-order valence-corrected chi connectivity index (χ2v) is 3.77. The Bertz CT molecular complexity index is 390. The second kappa shape index (κ2) is 4.56. The highest BCUT2D eigenvalue weighted by Gasteiger charge is 2.27. The van der Waals surface area contributed by atoms with Crippen molar-refractivity contribution in [2.75, 3.05) is 11.5 Å². The fourth-order valence-corrected chi connectivity index (χ4v) is 1.37. The molecule has 0 aliphatic rings. The van der Waals surface area contributed by atoms with Crippen molar-refractivity contribution in [3.05, 3.63) is 22.5 Å². The van der Waals surface area contributed by atoms with Gasteiger partial charge in [0, 0.05) is 11.8 Å². The number of thioether (sulfide) groups is 1. The zero-order chi connectivity index (χ0) is 11.5. The van der Waals surface area contributed by atoms with Crippen molar-refractivity contribution in [2.24, 2.45) is 0 Å². The maximum absolute atomic E-state index is 11.8. The summed E-state index contributed by atoms with van der Waals surface area (Å²) >= 11 is -0.198. The predicted molar refractivity (Wildman–Crippen MR) is 51.4 cm³/mol. The van der Waals surface area contributed by atoms with E-state index in [0.29, 0.717) is 0 Å². The molecule has 1 aromatic rings. The second-order valence-electron chi connectivity index (χ2n) is 2.61. The SMILES string of the molecule is Nc1ccc(=O)n(CCSC(F)(F)F)n1. The van der Waals surface area contributed by atoms with Crippen molar-refractivity contribution in [1.82, 2.24) is 9.78 Å². The number of nitrogens with zero attached hydrogens (tertiary/aromatic N) is 2. The largest absolute Gasteiger partial charge is 0.441 e. The molecule has 4 nitrogen and oxygen atoms in total. The summed E-state index contributed by atoms with van der Waals surface area (Å²) in [6.45, 7) is -0.117. The third kappa shape index (κ3) is 4.24. The molecule has 0 saturated heterocycles. The maximum Gasteiger partial charge on any atom is 0.441 e. The van der Waals surface area contributed by atoms with E-state index in [9.17, 15) is 18.0 Å². The minimum Gasteiger partial charge on any atom is -0.382 e. The monoisotopic (exact) mass is 239 g/mol. The molecule has 1 heterocycles. The molecule has 84 valence electrons. The molecular weight excluding hydrogens is 231 g/mol. The smallest absolute Gasteiger partial charge is 0.382 e. The van der Waals surface area contributed by atoms with Crippen LogP contribution in [0.25, 0.3) is 0 Å². The van der Waals surface area contributed by atoms with E-state index >= 15 is 0 Å². The van der Waals surface area contributed by atoms with Crippen molar-refractivity contribution in [3.63, 3.8) is 0 Å². The van der Waals surface area contributed by atoms with E-state index in [-0.39, 0.29) is 29.9 Å². The van der Waals surface area contributed by atoms with Gasteiger partial charge in [0.15, 0.2) is 0 Å². The lowest BCUT2D eigenvalue weighted by atomic mass is 10.5. The number of rotatable bonds is 3. The Labute approximate surface area is 87.3 Å². The topological polar surface area (TPSA) is 60.9 Å². The molecule has 2 N–H and O–H groups in total. The van der Waals surface area contributed by atoms with Crippen LogP contribution >= 0.6 is 11.8 Å². The molecule has 15 heavy (non-hydrogen) atoms. The van der Waals surface area contributed by atoms with Crippen LogP contribution in [0, 0.1) is 0 Å². The number of nitrogens with two attached hydrogens (primary N) is 1. The number of alkyl halides is 3. The Morgan fingerprint density at radius 1 is 1.47 bits per heavy atom. The number of aryl methyl sites for hydroxylation is 1. The highest BCUT2D eigenvalue weighted by atomic mass is 32.2. The standard InChI is InChI=1S/C7H8F3N3OS/c8-7(9,10)15-4-3-13-6(14)2-1-5(11)12-13/h1-2H,3-4H2,(H2,11,12). The molecule has 0 unspecified atom stereocenters. The van der Waals surface area contributed by atoms with Crippen molar-refractivity contribution in [3.8, 4) is 0 Å². The van der Waals surface area contributed by atoms with Crippen LogP contribution in [-0.2, 0) is 6.54 Å². The van der Waals surface area contributed by atoms with E-state index in [2.05, 4.69) is 5.10 Å². The number of halogens is 3. The Morgan fingerprint density at radius 2 is 2.13 bits per heavy atom. The van der Waals surface area contributed by atoms with Gasteiger partial charge in [0.25, 0.3) is 5.56 Å². The molecule has 0 aromatic carbocycles. The number of anilines is 1. The molecule has 8 heteroatoms. The number of nitrogen functional groups attached to an aromatic ring is 1. The highest BCUT2D eigenvalue weighted by Crippen LogP contribution is 2.29. The van der Waals surface area contributed by atoms with Gasteiger partial charge in [-0.25, -0.2) is 4.68 Å². The summed E-state index contributed by atoms with van der Waals surface area (Å²) in [7, 11) is 0. The van der Waals surface area contributed by atoms with Gasteiger partial charge in [0.1, 0.15) is 5.82 Å². The van der Waals surface area contributed by atoms with Crippen LogP contribution in [0.15, 0.2) is 16.9 Å². The van der Waals surface area contributed by atoms with Gasteiger partial charge >= 0.3 is 5.51 Å². The first-order chi connectivity index (χ1) is 6.88. The summed E-state index contributed by atoms with van der Waals surface area (Å²) < 4.78 is 36.2. The molecule has 0 atom stereocenters. The molecule has 0 aliphatic heterocycles. The molecule has 0 fully saturated rings. The van der Waals surface area contributed by atoms with Crippen LogP contribution in [0.2, 0.25) is 0 Å². The van der Waals surface area contributed by atoms with E-state index in [4.69, 9.17) is 5.73 Å². The van der Waals surface area contributed by atoms with Gasteiger partial charge in [0.05, 0.1) is 6.54 Å². The van der Waals surface area contributed by atoms with E-state index in [1.165, 1.54) is 12.1 Å². The molecule has 1 rings (SSSR count). The third-order valence-electron chi connectivity index (χ3n) is 1.46. The van der Waals surface area contributed by atoms with Crippen molar-refractivity contribution in [1.29, 1.82) is 0 Å². The van der Waals surface area contributed by atoms with Gasteiger partial charge in [0.2, 0.25) is 0 Å². The lowest BCUT2D eigenvalue weighted by Gasteiger charge is -2.06. The molecule has 0 amide bonds. The van der Waals surface area contributed by atoms with Gasteiger partial charge in [-0.2, -0.15) is 18.3 Å². The Kier molecular flexibility index (Phi) is 3.61. The third-order valence-corrected chi connectivity index (χ3v) is 2.17. The number of hydrogen-bond acceptors (Lipinski definition) is 4. The summed E-state index contributed by atoms with van der Waals surface area (Å²) in [6, 6.07) is 2.47. The van der Waals surface area contributed by atoms with Gasteiger partial charge in [-0.3, -0.25) is 4.79 Å². The van der Waals surface area contributed by atoms with Gasteiger partial charge < -0.3 is 5.73 Å². The molecular formula is C7H8F3N3OS. The summed E-state index contributed by atoms with van der Waals surface area (Å²) in [6.07, 6.45) is 0. The lowest BCUT2D eigenvalue weighted by molar-refractivity contribution is -0.0328. The van der Waals surface area contributed by atoms with Gasteiger partial charge in [-0.05, 0) is 17.8 Å². The minimum atomic E-state index is -4.29. The normalized spacial score (nSPS) is 11.7. The van der Waals surface area contributed by atoms with Crippen LogP contribution < -0.4 is 11.3 Å². The minimum absolute atomic E-state index is 0.103. The first-order valence-corrected chi connectivity index (χ1v) is 4.91. The molecule has 0 aliphatic carbocycles. The summed E-state index contributed by atoms with van der Waals surface area (Å²) in [5.74, 6) is -0.161. The number of aromatic nitrogens is 2. The van der Waals surface area contributed by atoms with Gasteiger partial charge in [-0.15, -0.1) is 0 Å². The number of hydrogen-bond donors (Lipinski definition) is 1. The van der Waals surface area contributed by atoms with Crippen LogP contribution in [0.4, 0.5) is 19.0 Å².